The SMILES string of the molecule is COc1cc(/C=C(\C#N)C(=O)n2nc(C)cc2C)cc(OC)c1OC. The van der Waals surface area contributed by atoms with E-state index in [2.05, 4.69) is 5.10 Å². The van der Waals surface area contributed by atoms with Crippen LogP contribution in [0.3, 0.4) is 0 Å². The number of hydrogen-bond acceptors (Lipinski definition) is 6. The second-order valence-electron chi connectivity index (χ2n) is 5.27. The molecule has 0 aliphatic carbocycles. The van der Waals surface area contributed by atoms with Crippen molar-refractivity contribution in [1.29, 1.82) is 5.26 Å². The van der Waals surface area contributed by atoms with Crippen LogP contribution < -0.4 is 14.2 Å². The number of nitriles is 1. The van der Waals surface area contributed by atoms with Crippen molar-refractivity contribution in [2.24, 2.45) is 0 Å². The van der Waals surface area contributed by atoms with Gasteiger partial charge in [0.25, 0.3) is 5.91 Å². The van der Waals surface area contributed by atoms with Crippen molar-refractivity contribution >= 4 is 12.0 Å². The van der Waals surface area contributed by atoms with Crippen LogP contribution in [0.2, 0.25) is 0 Å². The fourth-order valence-electron chi connectivity index (χ4n) is 2.44. The highest BCUT2D eigenvalue weighted by Gasteiger charge is 2.17. The molecule has 0 radical (unpaired) electrons. The van der Waals surface area contributed by atoms with E-state index < -0.39 is 5.91 Å². The number of nitrogens with zero attached hydrogens (tertiary/aromatic N) is 3. The summed E-state index contributed by atoms with van der Waals surface area (Å²) in [5, 5.41) is 13.5. The van der Waals surface area contributed by atoms with Gasteiger partial charge in [-0.3, -0.25) is 4.79 Å². The first kappa shape index (κ1) is 18.1. The molecule has 0 bridgehead atoms. The Morgan fingerprint density at radius 3 is 2.12 bits per heavy atom. The summed E-state index contributed by atoms with van der Waals surface area (Å²) in [5.74, 6) is 0.806. The van der Waals surface area contributed by atoms with E-state index in [9.17, 15) is 10.1 Å². The Morgan fingerprint density at radius 1 is 1.12 bits per heavy atom. The van der Waals surface area contributed by atoms with Crippen LogP contribution in [0.25, 0.3) is 6.08 Å². The van der Waals surface area contributed by atoms with E-state index in [4.69, 9.17) is 14.2 Å². The number of carbonyl (C=O) groups is 1. The van der Waals surface area contributed by atoms with Crippen molar-refractivity contribution in [3.63, 3.8) is 0 Å². The summed E-state index contributed by atoms with van der Waals surface area (Å²) in [7, 11) is 4.50. The molecule has 0 saturated carbocycles. The number of benzene rings is 1. The van der Waals surface area contributed by atoms with Gasteiger partial charge in [0, 0.05) is 5.69 Å². The predicted octanol–water partition coefficient (Wildman–Crippen LogP) is 2.77. The number of allylic oxidation sites excluding steroid dienone is 1. The van der Waals surface area contributed by atoms with Crippen LogP contribution in [0.1, 0.15) is 21.7 Å². The summed E-state index contributed by atoms with van der Waals surface area (Å²) in [6.07, 6.45) is 1.46. The minimum atomic E-state index is -0.498. The van der Waals surface area contributed by atoms with E-state index >= 15 is 0 Å². The normalized spacial score (nSPS) is 11.0. The lowest BCUT2D eigenvalue weighted by Gasteiger charge is -2.13. The van der Waals surface area contributed by atoms with Crippen LogP contribution in [0.4, 0.5) is 0 Å². The molecule has 0 fully saturated rings. The summed E-state index contributed by atoms with van der Waals surface area (Å²) in [5.41, 5.74) is 1.88. The first-order valence-electron chi connectivity index (χ1n) is 7.45. The minimum absolute atomic E-state index is 0.0551. The molecule has 7 heteroatoms. The van der Waals surface area contributed by atoms with Gasteiger partial charge in [0.2, 0.25) is 5.75 Å². The van der Waals surface area contributed by atoms with Gasteiger partial charge in [0.1, 0.15) is 11.6 Å². The molecular weight excluding hydrogens is 322 g/mol. The number of rotatable bonds is 5. The monoisotopic (exact) mass is 341 g/mol. The molecule has 25 heavy (non-hydrogen) atoms. The zero-order valence-electron chi connectivity index (χ0n) is 14.8. The molecule has 0 N–H and O–H groups in total. The molecule has 1 aromatic carbocycles. The summed E-state index contributed by atoms with van der Waals surface area (Å²) in [4.78, 5) is 12.6. The van der Waals surface area contributed by atoms with Crippen molar-refractivity contribution < 1.29 is 19.0 Å². The molecule has 2 aromatic rings. The van der Waals surface area contributed by atoms with Crippen molar-refractivity contribution in [2.45, 2.75) is 13.8 Å². The van der Waals surface area contributed by atoms with Crippen molar-refractivity contribution in [1.82, 2.24) is 9.78 Å². The molecule has 7 nitrogen and oxygen atoms in total. The largest absolute Gasteiger partial charge is 0.493 e. The summed E-state index contributed by atoms with van der Waals surface area (Å²) in [6.45, 7) is 3.54. The maximum absolute atomic E-state index is 12.6. The molecule has 0 aliphatic heterocycles. The lowest BCUT2D eigenvalue weighted by Crippen LogP contribution is -2.15. The highest BCUT2D eigenvalue weighted by atomic mass is 16.5. The average molecular weight is 341 g/mol. The molecule has 0 spiro atoms. The van der Waals surface area contributed by atoms with Crippen LogP contribution in [0.15, 0.2) is 23.8 Å². The van der Waals surface area contributed by atoms with E-state index in [1.54, 1.807) is 32.0 Å². The Labute approximate surface area is 146 Å². The Bertz CT molecular complexity index is 850. The fraction of sp³-hybridized carbons (Fsp3) is 0.278. The molecule has 0 saturated heterocycles. The third-order valence-electron chi connectivity index (χ3n) is 3.55. The minimum Gasteiger partial charge on any atom is -0.493 e. The molecule has 0 aliphatic rings. The predicted molar refractivity (Wildman–Crippen MR) is 92.0 cm³/mol. The number of ether oxygens (including phenoxy) is 3. The second kappa shape index (κ2) is 7.53. The van der Waals surface area contributed by atoms with Gasteiger partial charge in [-0.1, -0.05) is 0 Å². The van der Waals surface area contributed by atoms with Crippen LogP contribution in [0, 0.1) is 25.2 Å². The van der Waals surface area contributed by atoms with Gasteiger partial charge >= 0.3 is 0 Å². The van der Waals surface area contributed by atoms with E-state index in [0.29, 0.717) is 34.2 Å². The molecule has 1 aromatic heterocycles. The summed E-state index contributed by atoms with van der Waals surface area (Å²) >= 11 is 0. The van der Waals surface area contributed by atoms with Crippen LogP contribution in [-0.2, 0) is 0 Å². The topological polar surface area (TPSA) is 86.4 Å². The Morgan fingerprint density at radius 2 is 1.72 bits per heavy atom. The third-order valence-corrected chi connectivity index (χ3v) is 3.55. The highest BCUT2D eigenvalue weighted by molar-refractivity contribution is 6.03. The summed E-state index contributed by atoms with van der Waals surface area (Å²) < 4.78 is 17.0. The molecule has 0 amide bonds. The second-order valence-corrected chi connectivity index (χ2v) is 5.27. The maximum atomic E-state index is 12.6. The smallest absolute Gasteiger partial charge is 0.289 e. The Hall–Kier alpha value is -3.27. The zero-order valence-corrected chi connectivity index (χ0v) is 14.8. The standard InChI is InChI=1S/C18H19N3O4/c1-11-6-12(2)21(20-11)18(22)14(10-19)7-13-8-15(23-3)17(25-5)16(9-13)24-4/h6-9H,1-5H3/b14-7+. The van der Waals surface area contributed by atoms with Crippen molar-refractivity contribution in [2.75, 3.05) is 21.3 Å². The summed E-state index contributed by atoms with van der Waals surface area (Å²) in [6, 6.07) is 7.02. The molecule has 0 atom stereocenters. The lowest BCUT2D eigenvalue weighted by molar-refractivity contribution is 0.0943. The van der Waals surface area contributed by atoms with Gasteiger partial charge in [0.05, 0.1) is 27.0 Å². The number of hydrogen-bond donors (Lipinski definition) is 0. The number of aryl methyl sites for hydroxylation is 2. The van der Waals surface area contributed by atoms with Crippen molar-refractivity contribution in [3.05, 3.63) is 40.7 Å². The van der Waals surface area contributed by atoms with E-state index in [-0.39, 0.29) is 5.57 Å². The molecule has 0 unspecified atom stereocenters. The van der Waals surface area contributed by atoms with Gasteiger partial charge in [0.15, 0.2) is 11.5 Å². The highest BCUT2D eigenvalue weighted by Crippen LogP contribution is 2.38. The number of methoxy groups -OCH3 is 3. The Kier molecular flexibility index (Phi) is 5.45. The number of aromatic nitrogens is 2. The average Bonchev–Trinajstić information content (AvgIpc) is 2.96. The zero-order chi connectivity index (χ0) is 18.6. The fourth-order valence-corrected chi connectivity index (χ4v) is 2.44. The van der Waals surface area contributed by atoms with Gasteiger partial charge < -0.3 is 14.2 Å². The van der Waals surface area contributed by atoms with Crippen molar-refractivity contribution in [3.8, 4) is 23.3 Å². The van der Waals surface area contributed by atoms with Gasteiger partial charge in [-0.05, 0) is 43.7 Å². The van der Waals surface area contributed by atoms with E-state index in [1.807, 2.05) is 6.07 Å². The van der Waals surface area contributed by atoms with Crippen LogP contribution in [-0.4, -0.2) is 37.0 Å². The maximum Gasteiger partial charge on any atom is 0.289 e. The molecule has 130 valence electrons. The third kappa shape index (κ3) is 3.63. The first-order valence-corrected chi connectivity index (χ1v) is 7.45. The first-order chi connectivity index (χ1) is 11.9. The van der Waals surface area contributed by atoms with Gasteiger partial charge in [-0.25, -0.2) is 4.68 Å². The molecular formula is C18H19N3O4. The van der Waals surface area contributed by atoms with E-state index in [0.717, 1.165) is 0 Å². The Balaban J connectivity index is 2.51. The van der Waals surface area contributed by atoms with E-state index in [1.165, 1.54) is 32.1 Å². The van der Waals surface area contributed by atoms with Gasteiger partial charge in [-0.2, -0.15) is 10.4 Å². The van der Waals surface area contributed by atoms with Gasteiger partial charge in [-0.15, -0.1) is 0 Å². The molecule has 2 rings (SSSR count). The quantitative estimate of drug-likeness (QED) is 0.614. The number of carbonyl (C=O) groups excluding carboxylic acids is 1. The lowest BCUT2D eigenvalue weighted by atomic mass is 10.1. The molecule has 1 heterocycles. The van der Waals surface area contributed by atoms with Crippen LogP contribution >= 0.6 is 0 Å². The van der Waals surface area contributed by atoms with Crippen LogP contribution in [0.5, 0.6) is 17.2 Å².